The van der Waals surface area contributed by atoms with Crippen molar-refractivity contribution in [3.8, 4) is 17.2 Å². The highest BCUT2D eigenvalue weighted by Crippen LogP contribution is 2.32. The number of aromatic amines is 3. The number of rotatable bonds is 17. The van der Waals surface area contributed by atoms with E-state index < -0.39 is 113 Å². The number of hydrogen-bond donors (Lipinski definition) is 7. The van der Waals surface area contributed by atoms with Gasteiger partial charge in [0.15, 0.2) is 46.6 Å². The standard InChI is InChI=1S/C21H17N3O6S2.C16H15N3O6S2.C15H13N3O6S2.C6H5FO3S/c1-31(26,27)18-9-5-6-10-19(18)32(28,29)30-15-11-12-17-16(13-15)20(24-23-17)21(25)22-14-7-3-2-4-8-14;1-17-16(20)15-11-9-10(7-8-12(11)18-19-15)25-27(23,24)14-6-4-3-5-13(14)26(2,21)22;1-25(20,21)12-4-2-3-5-13(12)26(22,23)24-9-6-7-11-10(8-9)14(15(16)19)18-17-11;7-5-2-1-3-6(4-5)11(8,9)10/h2-13H,1H3,(H,22,25)(H,23,24);3-9H,1-2H3,(H,17,20)(H,18,19);2-8H,1H3,(H2,16,19)(H,17,18);1-4H,(H,8,9,10). The van der Waals surface area contributed by atoms with Crippen LogP contribution in [0.4, 0.5) is 10.1 Å². The van der Waals surface area contributed by atoms with E-state index in [0.717, 1.165) is 55.2 Å². The number of carbonyl (C=O) groups excluding carboxylic acids is 3. The molecule has 0 atom stereocenters. The molecule has 0 saturated carbocycles. The van der Waals surface area contributed by atoms with Gasteiger partial charge < -0.3 is 28.9 Å². The summed E-state index contributed by atoms with van der Waals surface area (Å²) < 4.78 is 204. The van der Waals surface area contributed by atoms with Gasteiger partial charge in [-0.1, -0.05) is 60.7 Å². The molecule has 0 aliphatic carbocycles. The van der Waals surface area contributed by atoms with E-state index in [4.69, 9.17) is 22.8 Å². The van der Waals surface area contributed by atoms with Gasteiger partial charge in [0.1, 0.15) is 37.8 Å². The van der Waals surface area contributed by atoms with Crippen molar-refractivity contribution in [2.75, 3.05) is 31.1 Å². The number of carbonyl (C=O) groups is 3. The lowest BCUT2D eigenvalue weighted by Crippen LogP contribution is -2.18. The molecule has 0 radical (unpaired) electrons. The van der Waals surface area contributed by atoms with Crippen LogP contribution in [0.25, 0.3) is 32.7 Å². The molecule has 38 heteroatoms. The summed E-state index contributed by atoms with van der Waals surface area (Å²) in [4.78, 5) is 32.9. The Bertz CT molecular complexity index is 5700. The third-order valence-electron chi connectivity index (χ3n) is 12.8. The van der Waals surface area contributed by atoms with E-state index in [-0.39, 0.29) is 54.4 Å². The molecule has 8 N–H and O–H groups in total. The molecule has 0 saturated heterocycles. The Hall–Kier alpha value is -10.5. The van der Waals surface area contributed by atoms with Crippen LogP contribution in [0.5, 0.6) is 17.2 Å². The molecular weight excluding hydrogens is 1400 g/mol. The molecule has 3 heterocycles. The first-order chi connectivity index (χ1) is 44.9. The van der Waals surface area contributed by atoms with Crippen molar-refractivity contribution in [3.05, 3.63) is 205 Å². The van der Waals surface area contributed by atoms with E-state index >= 15 is 0 Å². The van der Waals surface area contributed by atoms with Crippen LogP contribution in [-0.4, -0.2) is 138 Å². The average molecular weight is 1450 g/mol. The van der Waals surface area contributed by atoms with Crippen LogP contribution in [0.1, 0.15) is 31.5 Å². The van der Waals surface area contributed by atoms with E-state index in [1.165, 1.54) is 122 Å². The minimum atomic E-state index is -4.47. The van der Waals surface area contributed by atoms with Gasteiger partial charge in [0.05, 0.1) is 36.1 Å². The SMILES string of the molecule is CNC(=O)c1n[nH]c2ccc(OS(=O)(=O)c3ccccc3S(C)(=O)=O)cc12.CS(=O)(=O)c1ccccc1S(=O)(=O)Oc1ccc2[nH]nc(C(=O)Nc3ccccc3)c2c1.CS(=O)(=O)c1ccccc1S(=O)(=O)Oc1ccc2[nH]nc(C(N)=O)c2c1.O=S(=O)(O)c1cccc(F)c1. The number of amides is 3. The maximum absolute atomic E-state index is 12.8. The molecular formula is C58H50FN9O21S7. The summed E-state index contributed by atoms with van der Waals surface area (Å²) in [5, 5.41) is 25.7. The van der Waals surface area contributed by atoms with Crippen LogP contribution in [-0.2, 0) is 70.0 Å². The molecule has 0 unspecified atom stereocenters. The smallest absolute Gasteiger partial charge is 0.340 e. The first-order valence-corrected chi connectivity index (χ1v) is 38.0. The quantitative estimate of drug-likeness (QED) is 0.0407. The Balaban J connectivity index is 0.000000171. The van der Waals surface area contributed by atoms with E-state index in [0.29, 0.717) is 33.0 Å². The van der Waals surface area contributed by atoms with Crippen LogP contribution < -0.4 is 28.9 Å². The fourth-order valence-electron chi connectivity index (χ4n) is 8.53. The Kier molecular flexibility index (Phi) is 21.0. The van der Waals surface area contributed by atoms with Crippen molar-refractivity contribution in [1.82, 2.24) is 35.9 Å². The second-order valence-corrected chi connectivity index (χ2v) is 31.7. The van der Waals surface area contributed by atoms with Gasteiger partial charge in [-0.3, -0.25) is 34.2 Å². The van der Waals surface area contributed by atoms with Gasteiger partial charge in [-0.2, -0.15) is 49.0 Å². The Morgan fingerprint density at radius 3 is 1.08 bits per heavy atom. The summed E-state index contributed by atoms with van der Waals surface area (Å²) in [6, 6.07) is 40.9. The van der Waals surface area contributed by atoms with Gasteiger partial charge >= 0.3 is 30.4 Å². The van der Waals surface area contributed by atoms with Gasteiger partial charge in [-0.25, -0.2) is 29.6 Å². The number of para-hydroxylation sites is 1. The predicted octanol–water partition coefficient (Wildman–Crippen LogP) is 5.99. The second kappa shape index (κ2) is 28.2. The number of benzene rings is 8. The van der Waals surface area contributed by atoms with Crippen LogP contribution >= 0.6 is 0 Å². The highest BCUT2D eigenvalue weighted by Gasteiger charge is 2.30. The zero-order chi connectivity index (χ0) is 70.3. The normalized spacial score (nSPS) is 12.0. The maximum atomic E-state index is 12.8. The van der Waals surface area contributed by atoms with E-state index in [2.05, 4.69) is 41.2 Å². The number of nitrogens with one attached hydrogen (secondary N) is 5. The highest BCUT2D eigenvalue weighted by atomic mass is 32.2. The molecule has 0 aliphatic heterocycles. The summed E-state index contributed by atoms with van der Waals surface area (Å²) in [7, 11) is -27.5. The molecule has 30 nitrogen and oxygen atoms in total. The lowest BCUT2D eigenvalue weighted by atomic mass is 10.2. The van der Waals surface area contributed by atoms with E-state index in [1.54, 1.807) is 24.3 Å². The van der Waals surface area contributed by atoms with Crippen LogP contribution in [0.15, 0.2) is 216 Å². The molecule has 0 bridgehead atoms. The molecule has 0 aliphatic rings. The first-order valence-electron chi connectivity index (χ1n) is 26.6. The van der Waals surface area contributed by atoms with Crippen molar-refractivity contribution in [3.63, 3.8) is 0 Å². The van der Waals surface area contributed by atoms with Crippen LogP contribution in [0.3, 0.4) is 0 Å². The zero-order valence-corrected chi connectivity index (χ0v) is 55.3. The number of hydrogen-bond acceptors (Lipinski definition) is 23. The first kappa shape index (κ1) is 71.4. The summed E-state index contributed by atoms with van der Waals surface area (Å²) in [5.41, 5.74) is 7.29. The number of fused-ring (bicyclic) bond motifs is 3. The fraction of sp³-hybridized carbons (Fsp3) is 0.0690. The largest absolute Gasteiger partial charge is 0.379 e. The van der Waals surface area contributed by atoms with Crippen molar-refractivity contribution in [1.29, 1.82) is 0 Å². The third-order valence-corrected chi connectivity index (χ3v) is 21.4. The Morgan fingerprint density at radius 1 is 0.427 bits per heavy atom. The lowest BCUT2D eigenvalue weighted by Gasteiger charge is -2.10. The number of aromatic nitrogens is 6. The van der Waals surface area contributed by atoms with Gasteiger partial charge in [-0.15, -0.1) is 0 Å². The summed E-state index contributed by atoms with van der Waals surface area (Å²) in [6.45, 7) is 0. The van der Waals surface area contributed by atoms with Gasteiger partial charge in [-0.05, 0) is 121 Å². The minimum absolute atomic E-state index is 0.0447. The average Bonchev–Trinajstić information content (AvgIpc) is 0.918. The van der Waals surface area contributed by atoms with Crippen molar-refractivity contribution in [2.45, 2.75) is 34.3 Å². The summed E-state index contributed by atoms with van der Waals surface area (Å²) in [6.07, 6.45) is 2.73. The molecule has 3 amide bonds. The molecule has 0 fully saturated rings. The summed E-state index contributed by atoms with van der Waals surface area (Å²) >= 11 is 0. The lowest BCUT2D eigenvalue weighted by molar-refractivity contribution is 0.0957. The fourth-order valence-corrected chi connectivity index (χ4v) is 16.6. The van der Waals surface area contributed by atoms with Crippen LogP contribution in [0.2, 0.25) is 0 Å². The second-order valence-electron chi connectivity index (χ2n) is 19.8. The van der Waals surface area contributed by atoms with Crippen molar-refractivity contribution in [2.24, 2.45) is 5.73 Å². The van der Waals surface area contributed by atoms with Crippen molar-refractivity contribution >= 4 is 126 Å². The predicted molar refractivity (Wildman–Crippen MR) is 343 cm³/mol. The zero-order valence-electron chi connectivity index (χ0n) is 49.6. The molecule has 502 valence electrons. The summed E-state index contributed by atoms with van der Waals surface area (Å²) in [5.74, 6) is -2.75. The molecule has 8 aromatic carbocycles. The number of sulfone groups is 3. The molecule has 3 aromatic heterocycles. The third kappa shape index (κ3) is 17.3. The van der Waals surface area contributed by atoms with Gasteiger partial charge in [0.25, 0.3) is 27.8 Å². The topological polar surface area (TPSA) is 474 Å². The molecule has 96 heavy (non-hydrogen) atoms. The molecule has 11 aromatic rings. The number of anilines is 1. The monoisotopic (exact) mass is 1450 g/mol. The van der Waals surface area contributed by atoms with E-state index in [1.807, 2.05) is 6.07 Å². The van der Waals surface area contributed by atoms with Crippen molar-refractivity contribution < 1.29 is 94.8 Å². The highest BCUT2D eigenvalue weighted by molar-refractivity contribution is 7.93. The number of halogens is 1. The Morgan fingerprint density at radius 2 is 0.760 bits per heavy atom. The number of H-pyrrole nitrogens is 3. The minimum Gasteiger partial charge on any atom is -0.379 e. The number of nitrogens with two attached hydrogens (primary N) is 1. The molecule has 0 spiro atoms. The van der Waals surface area contributed by atoms with E-state index in [9.17, 15) is 77.7 Å². The maximum Gasteiger partial charge on any atom is 0.340 e. The Labute approximate surface area is 546 Å². The number of nitrogens with zero attached hydrogens (tertiary/aromatic N) is 3. The number of primary amides is 1. The molecule has 11 rings (SSSR count). The van der Waals surface area contributed by atoms with Crippen LogP contribution in [0, 0.1) is 5.82 Å². The van der Waals surface area contributed by atoms with Gasteiger partial charge in [0.2, 0.25) is 0 Å². The van der Waals surface area contributed by atoms with Gasteiger partial charge in [0, 0.05) is 47.7 Å².